The number of esters is 2. The number of carbonyl (C=O) groups is 3. The Morgan fingerprint density at radius 1 is 0.610 bits per heavy atom. The van der Waals surface area contributed by atoms with Crippen molar-refractivity contribution in [2.24, 2.45) is 5.73 Å². The number of aliphatic carboxylic acids is 1. The third kappa shape index (κ3) is 40.3. The van der Waals surface area contributed by atoms with Crippen molar-refractivity contribution >= 4 is 25.7 Å². The first-order valence-electron chi connectivity index (χ1n) is 22.4. The summed E-state index contributed by atoms with van der Waals surface area (Å²) < 4.78 is 32.6. The topological polar surface area (TPSA) is 192 Å². The predicted molar refractivity (Wildman–Crippen MR) is 237 cm³/mol. The van der Waals surface area contributed by atoms with Crippen LogP contribution >= 0.6 is 7.82 Å². The van der Waals surface area contributed by atoms with Crippen LogP contribution in [-0.2, 0) is 37.5 Å². The van der Waals surface area contributed by atoms with E-state index in [9.17, 15) is 28.9 Å². The predicted octanol–water partition coefficient (Wildman–Crippen LogP) is 10.9. The van der Waals surface area contributed by atoms with E-state index in [0.717, 1.165) is 44.9 Å². The number of phosphoric ester groups is 1. The molecule has 13 heteroatoms. The Labute approximate surface area is 356 Å². The molecule has 340 valence electrons. The maximum absolute atomic E-state index is 12.6. The van der Waals surface area contributed by atoms with Crippen molar-refractivity contribution in [3.63, 3.8) is 0 Å². The minimum atomic E-state index is -4.76. The molecule has 0 aromatic heterocycles. The molecule has 0 aromatic carbocycles. The molecule has 0 rings (SSSR count). The molecule has 0 heterocycles. The molecule has 0 bridgehead atoms. The molecule has 0 fully saturated rings. The second kappa shape index (κ2) is 40.5. The Morgan fingerprint density at radius 3 is 1.61 bits per heavy atom. The molecule has 4 atom stereocenters. The van der Waals surface area contributed by atoms with Gasteiger partial charge < -0.3 is 30.3 Å². The van der Waals surface area contributed by atoms with Gasteiger partial charge in [0.1, 0.15) is 12.6 Å². The number of carboxylic acid groups (broad SMARTS) is 1. The van der Waals surface area contributed by atoms with Gasteiger partial charge in [-0.1, -0.05) is 177 Å². The Kier molecular flexibility index (Phi) is 38.6. The zero-order chi connectivity index (χ0) is 43.7. The third-order valence-electron chi connectivity index (χ3n) is 9.38. The number of hydrogen-bond acceptors (Lipinski definition) is 10. The number of phosphoric acid groups is 1. The highest BCUT2D eigenvalue weighted by Gasteiger charge is 2.28. The fourth-order valence-corrected chi connectivity index (χ4v) is 6.64. The van der Waals surface area contributed by atoms with Gasteiger partial charge in [0.25, 0.3) is 0 Å². The lowest BCUT2D eigenvalue weighted by molar-refractivity contribution is -0.161. The van der Waals surface area contributed by atoms with E-state index in [-0.39, 0.29) is 12.8 Å². The molecule has 59 heavy (non-hydrogen) atoms. The first-order chi connectivity index (χ1) is 28.5. The van der Waals surface area contributed by atoms with Crippen LogP contribution in [0.5, 0.6) is 0 Å². The molecule has 0 radical (unpaired) electrons. The highest BCUT2D eigenvalue weighted by molar-refractivity contribution is 7.47. The average Bonchev–Trinajstić information content (AvgIpc) is 3.20. The van der Waals surface area contributed by atoms with Crippen LogP contribution in [0.3, 0.4) is 0 Å². The van der Waals surface area contributed by atoms with E-state index in [4.69, 9.17) is 24.8 Å². The number of carbonyl (C=O) groups excluding carboxylic acids is 2. The minimum Gasteiger partial charge on any atom is -0.480 e. The Balaban J connectivity index is 4.52. The highest BCUT2D eigenvalue weighted by atomic mass is 31.2. The SMILES string of the molecule is CC/C=C\C/C=C\C/C=C\C/C=C\C=C\C(O)CCCC(=O)OC[C@H](COP(=O)(O)OC[C@H](N)C(=O)O)OC(=O)CCCCCCCCCCCCCCCCCCC. The molecular weight excluding hydrogens is 773 g/mol. The lowest BCUT2D eigenvalue weighted by Gasteiger charge is -2.20. The maximum atomic E-state index is 12.6. The first-order valence-corrected chi connectivity index (χ1v) is 23.9. The zero-order valence-corrected chi connectivity index (χ0v) is 37.3. The fourth-order valence-electron chi connectivity index (χ4n) is 5.86. The number of allylic oxidation sites excluding steroid dienone is 9. The highest BCUT2D eigenvalue weighted by Crippen LogP contribution is 2.43. The van der Waals surface area contributed by atoms with Gasteiger partial charge in [-0.3, -0.25) is 23.4 Å². The van der Waals surface area contributed by atoms with E-state index >= 15 is 0 Å². The van der Waals surface area contributed by atoms with E-state index in [1.54, 1.807) is 12.2 Å². The number of rotatable bonds is 41. The normalized spacial score (nSPS) is 14.8. The van der Waals surface area contributed by atoms with Crippen molar-refractivity contribution in [2.45, 2.75) is 193 Å². The zero-order valence-electron chi connectivity index (χ0n) is 36.4. The molecule has 5 N–H and O–H groups in total. The first kappa shape index (κ1) is 56.1. The second-order valence-electron chi connectivity index (χ2n) is 15.0. The van der Waals surface area contributed by atoms with Gasteiger partial charge in [0.15, 0.2) is 6.10 Å². The molecule has 12 nitrogen and oxygen atoms in total. The second-order valence-corrected chi connectivity index (χ2v) is 16.5. The van der Waals surface area contributed by atoms with Gasteiger partial charge in [-0.25, -0.2) is 4.57 Å². The van der Waals surface area contributed by atoms with Crippen molar-refractivity contribution in [1.82, 2.24) is 0 Å². The maximum Gasteiger partial charge on any atom is 0.472 e. The fraction of sp³-hybridized carbons (Fsp3) is 0.717. The van der Waals surface area contributed by atoms with Gasteiger partial charge in [0.2, 0.25) is 0 Å². The van der Waals surface area contributed by atoms with E-state index in [1.165, 1.54) is 83.5 Å². The molecular formula is C46H80NO11P. The molecule has 0 amide bonds. The average molecular weight is 854 g/mol. The molecule has 0 aliphatic heterocycles. The summed E-state index contributed by atoms with van der Waals surface area (Å²) in [5, 5.41) is 19.1. The number of nitrogens with two attached hydrogens (primary N) is 1. The van der Waals surface area contributed by atoms with Crippen LogP contribution < -0.4 is 5.73 Å². The molecule has 0 aliphatic carbocycles. The van der Waals surface area contributed by atoms with Crippen LogP contribution in [-0.4, -0.2) is 71.1 Å². The van der Waals surface area contributed by atoms with E-state index < -0.39 is 63.8 Å². The van der Waals surface area contributed by atoms with Gasteiger partial charge >= 0.3 is 25.7 Å². The van der Waals surface area contributed by atoms with Gasteiger partial charge in [-0.2, -0.15) is 0 Å². The number of aliphatic hydroxyl groups is 1. The molecule has 0 saturated carbocycles. The molecule has 2 unspecified atom stereocenters. The molecule has 0 spiro atoms. The summed E-state index contributed by atoms with van der Waals surface area (Å²) in [7, 11) is -4.76. The van der Waals surface area contributed by atoms with Crippen molar-refractivity contribution in [1.29, 1.82) is 0 Å². The van der Waals surface area contributed by atoms with E-state index in [0.29, 0.717) is 19.3 Å². The van der Waals surface area contributed by atoms with Crippen molar-refractivity contribution < 1.29 is 52.6 Å². The van der Waals surface area contributed by atoms with Gasteiger partial charge in [0, 0.05) is 12.8 Å². The van der Waals surface area contributed by atoms with E-state index in [2.05, 4.69) is 54.8 Å². The molecule has 0 saturated heterocycles. The number of ether oxygens (including phenoxy) is 2. The van der Waals surface area contributed by atoms with Gasteiger partial charge in [-0.05, 0) is 44.9 Å². The van der Waals surface area contributed by atoms with Crippen LogP contribution in [0.1, 0.15) is 174 Å². The van der Waals surface area contributed by atoms with Crippen LogP contribution in [0.25, 0.3) is 0 Å². The summed E-state index contributed by atoms with van der Waals surface area (Å²) >= 11 is 0. The summed E-state index contributed by atoms with van der Waals surface area (Å²) in [4.78, 5) is 46.0. The monoisotopic (exact) mass is 854 g/mol. The van der Waals surface area contributed by atoms with Crippen LogP contribution in [0.4, 0.5) is 0 Å². The molecule has 0 aromatic rings. The van der Waals surface area contributed by atoms with Crippen LogP contribution in [0.15, 0.2) is 60.8 Å². The smallest absolute Gasteiger partial charge is 0.472 e. The Hall–Kier alpha value is -2.86. The number of carboxylic acids is 1. The van der Waals surface area contributed by atoms with Gasteiger partial charge in [-0.15, -0.1) is 0 Å². The van der Waals surface area contributed by atoms with Gasteiger partial charge in [0.05, 0.1) is 19.3 Å². The Bertz CT molecular complexity index is 1250. The van der Waals surface area contributed by atoms with Crippen LogP contribution in [0, 0.1) is 0 Å². The number of aliphatic hydroxyl groups excluding tert-OH is 1. The summed E-state index contributed by atoms with van der Waals surface area (Å²) in [6.07, 6.45) is 43.2. The minimum absolute atomic E-state index is 0.00959. The summed E-state index contributed by atoms with van der Waals surface area (Å²) in [5.74, 6) is -2.60. The molecule has 0 aliphatic rings. The number of unbranched alkanes of at least 4 members (excludes halogenated alkanes) is 16. The lowest BCUT2D eigenvalue weighted by atomic mass is 10.0. The lowest BCUT2D eigenvalue weighted by Crippen LogP contribution is -2.34. The summed E-state index contributed by atoms with van der Waals surface area (Å²) in [6.45, 7) is 2.50. The standard InChI is InChI=1S/C46H80NO11P/c1-3-5-7-9-11-13-15-17-18-19-20-22-24-26-28-30-32-36-45(50)58-42(39-56-59(53,54)57-40-43(47)46(51)52)38-55-44(49)37-33-35-41(48)34-31-29-27-25-23-21-16-14-12-10-8-6-4-2/h6,8,12,14,21,23,27,29,31,34,41-43,48H,3-5,7,9-11,13,15-20,22,24-26,28,30,32-33,35-40,47H2,1-2H3,(H,51,52)(H,53,54)/b8-6-,14-12-,23-21-,29-27-,34-31+/t41?,42-,43+/m1/s1. The summed E-state index contributed by atoms with van der Waals surface area (Å²) in [6, 6.07) is -1.55. The van der Waals surface area contributed by atoms with Crippen molar-refractivity contribution in [3.05, 3.63) is 60.8 Å². The number of hydrogen-bond donors (Lipinski definition) is 4. The Morgan fingerprint density at radius 2 is 1.08 bits per heavy atom. The third-order valence-corrected chi connectivity index (χ3v) is 10.3. The van der Waals surface area contributed by atoms with Crippen molar-refractivity contribution in [3.8, 4) is 0 Å². The largest absolute Gasteiger partial charge is 0.480 e. The van der Waals surface area contributed by atoms with Crippen LogP contribution in [0.2, 0.25) is 0 Å². The quantitative estimate of drug-likeness (QED) is 0.0150. The van der Waals surface area contributed by atoms with E-state index in [1.807, 2.05) is 12.2 Å². The summed E-state index contributed by atoms with van der Waals surface area (Å²) in [5.41, 5.74) is 5.33. The van der Waals surface area contributed by atoms with Crippen molar-refractivity contribution in [2.75, 3.05) is 19.8 Å².